The Morgan fingerprint density at radius 2 is 1.72 bits per heavy atom. The highest BCUT2D eigenvalue weighted by Gasteiger charge is 2.13. The van der Waals surface area contributed by atoms with Crippen LogP contribution in [0.15, 0.2) is 48.5 Å². The predicted octanol–water partition coefficient (Wildman–Crippen LogP) is 3.42. The van der Waals surface area contributed by atoms with E-state index in [9.17, 15) is 0 Å². The van der Waals surface area contributed by atoms with E-state index in [1.807, 2.05) is 6.07 Å². The van der Waals surface area contributed by atoms with Gasteiger partial charge in [-0.05, 0) is 47.9 Å². The van der Waals surface area contributed by atoms with Crippen molar-refractivity contribution in [3.8, 4) is 0 Å². The average Bonchev–Trinajstić information content (AvgIpc) is 2.87. The topological polar surface area (TPSA) is 26.0 Å². The third-order valence-electron chi connectivity index (χ3n) is 3.85. The van der Waals surface area contributed by atoms with E-state index in [1.165, 1.54) is 41.5 Å². The standard InChI is InChI=1S/C17H19N/c18-17(11-13-5-2-1-3-6-13)16-10-9-14-7-4-8-15(14)12-16/h1-3,5-6,9-10,12,17H,4,7-8,11,18H2/t17-/m0/s1. The summed E-state index contributed by atoms with van der Waals surface area (Å²) in [5.74, 6) is 0. The zero-order valence-corrected chi connectivity index (χ0v) is 10.6. The second-order valence-corrected chi connectivity index (χ2v) is 5.18. The van der Waals surface area contributed by atoms with Gasteiger partial charge in [0.25, 0.3) is 0 Å². The van der Waals surface area contributed by atoms with Gasteiger partial charge >= 0.3 is 0 Å². The van der Waals surface area contributed by atoms with Crippen molar-refractivity contribution in [2.45, 2.75) is 31.7 Å². The summed E-state index contributed by atoms with van der Waals surface area (Å²) < 4.78 is 0. The van der Waals surface area contributed by atoms with Crippen LogP contribution in [0.2, 0.25) is 0 Å². The molecule has 0 saturated carbocycles. The first-order chi connectivity index (χ1) is 8.83. The van der Waals surface area contributed by atoms with E-state index in [1.54, 1.807) is 0 Å². The van der Waals surface area contributed by atoms with Gasteiger partial charge in [-0.25, -0.2) is 0 Å². The van der Waals surface area contributed by atoms with Gasteiger partial charge in [-0.3, -0.25) is 0 Å². The minimum atomic E-state index is 0.110. The molecule has 3 rings (SSSR count). The molecule has 0 aliphatic heterocycles. The van der Waals surface area contributed by atoms with Crippen LogP contribution < -0.4 is 5.73 Å². The maximum absolute atomic E-state index is 6.32. The van der Waals surface area contributed by atoms with E-state index in [2.05, 4.69) is 42.5 Å². The van der Waals surface area contributed by atoms with E-state index < -0.39 is 0 Å². The molecule has 0 saturated heterocycles. The third kappa shape index (κ3) is 2.32. The molecule has 1 aliphatic rings. The molecule has 2 aromatic carbocycles. The molecular formula is C17H19N. The van der Waals surface area contributed by atoms with Crippen LogP contribution >= 0.6 is 0 Å². The molecule has 0 fully saturated rings. The van der Waals surface area contributed by atoms with Gasteiger partial charge in [0, 0.05) is 6.04 Å². The number of benzene rings is 2. The van der Waals surface area contributed by atoms with Gasteiger partial charge in [-0.1, -0.05) is 48.5 Å². The van der Waals surface area contributed by atoms with E-state index in [0.717, 1.165) is 6.42 Å². The number of rotatable bonds is 3. The van der Waals surface area contributed by atoms with Gasteiger partial charge in [0.2, 0.25) is 0 Å². The smallest absolute Gasteiger partial charge is 0.0335 e. The third-order valence-corrected chi connectivity index (χ3v) is 3.85. The molecule has 1 atom stereocenters. The van der Waals surface area contributed by atoms with Crippen LogP contribution in [0.4, 0.5) is 0 Å². The highest BCUT2D eigenvalue weighted by Crippen LogP contribution is 2.25. The SMILES string of the molecule is N[C@@H](Cc1ccccc1)c1ccc2c(c1)CCC2. The van der Waals surface area contributed by atoms with Crippen LogP contribution in [0.5, 0.6) is 0 Å². The zero-order chi connectivity index (χ0) is 12.4. The lowest BCUT2D eigenvalue weighted by molar-refractivity contribution is 0.720. The number of nitrogens with two attached hydrogens (primary N) is 1. The summed E-state index contributed by atoms with van der Waals surface area (Å²) in [5.41, 5.74) is 11.9. The average molecular weight is 237 g/mol. The Hall–Kier alpha value is -1.60. The molecule has 92 valence electrons. The fourth-order valence-electron chi connectivity index (χ4n) is 2.81. The van der Waals surface area contributed by atoms with Crippen molar-refractivity contribution < 1.29 is 0 Å². The van der Waals surface area contributed by atoms with E-state index in [4.69, 9.17) is 5.73 Å². The molecule has 0 heterocycles. The maximum atomic E-state index is 6.32. The molecular weight excluding hydrogens is 218 g/mol. The van der Waals surface area contributed by atoms with Gasteiger partial charge in [0.1, 0.15) is 0 Å². The quantitative estimate of drug-likeness (QED) is 0.869. The number of hydrogen-bond donors (Lipinski definition) is 1. The van der Waals surface area contributed by atoms with Crippen LogP contribution in [0, 0.1) is 0 Å². The molecule has 0 radical (unpaired) electrons. The fraction of sp³-hybridized carbons (Fsp3) is 0.294. The minimum Gasteiger partial charge on any atom is -0.324 e. The molecule has 0 amide bonds. The number of fused-ring (bicyclic) bond motifs is 1. The van der Waals surface area contributed by atoms with Crippen LogP contribution in [-0.2, 0) is 19.3 Å². The minimum absolute atomic E-state index is 0.110. The van der Waals surface area contributed by atoms with E-state index in [0.29, 0.717) is 0 Å². The van der Waals surface area contributed by atoms with E-state index >= 15 is 0 Å². The normalized spacial score (nSPS) is 15.4. The summed E-state index contributed by atoms with van der Waals surface area (Å²) in [5, 5.41) is 0. The highest BCUT2D eigenvalue weighted by atomic mass is 14.6. The van der Waals surface area contributed by atoms with Crippen molar-refractivity contribution in [3.05, 3.63) is 70.8 Å². The first kappa shape index (κ1) is 11.5. The molecule has 0 unspecified atom stereocenters. The van der Waals surface area contributed by atoms with Gasteiger partial charge in [0.15, 0.2) is 0 Å². The second-order valence-electron chi connectivity index (χ2n) is 5.18. The molecule has 18 heavy (non-hydrogen) atoms. The molecule has 0 aromatic heterocycles. The summed E-state index contributed by atoms with van der Waals surface area (Å²) in [4.78, 5) is 0. The maximum Gasteiger partial charge on any atom is 0.0335 e. The lowest BCUT2D eigenvalue weighted by atomic mass is 9.97. The molecule has 0 bridgehead atoms. The summed E-state index contributed by atoms with van der Waals surface area (Å²) in [6.45, 7) is 0. The molecule has 2 N–H and O–H groups in total. The van der Waals surface area contributed by atoms with Crippen molar-refractivity contribution in [3.63, 3.8) is 0 Å². The van der Waals surface area contributed by atoms with Gasteiger partial charge in [-0.2, -0.15) is 0 Å². The second kappa shape index (κ2) is 4.95. The van der Waals surface area contributed by atoms with Crippen LogP contribution in [0.3, 0.4) is 0 Å². The molecule has 0 spiro atoms. The predicted molar refractivity (Wildman–Crippen MR) is 75.5 cm³/mol. The molecule has 2 aromatic rings. The lowest BCUT2D eigenvalue weighted by Gasteiger charge is -2.13. The molecule has 1 nitrogen and oxygen atoms in total. The van der Waals surface area contributed by atoms with Crippen LogP contribution in [0.25, 0.3) is 0 Å². The van der Waals surface area contributed by atoms with E-state index in [-0.39, 0.29) is 6.04 Å². The largest absolute Gasteiger partial charge is 0.324 e. The Labute approximate surface area is 109 Å². The van der Waals surface area contributed by atoms with Crippen molar-refractivity contribution in [2.24, 2.45) is 5.73 Å². The Morgan fingerprint density at radius 1 is 0.944 bits per heavy atom. The summed E-state index contributed by atoms with van der Waals surface area (Å²) >= 11 is 0. The van der Waals surface area contributed by atoms with Gasteiger partial charge < -0.3 is 5.73 Å². The van der Waals surface area contributed by atoms with Crippen LogP contribution in [-0.4, -0.2) is 0 Å². The Balaban J connectivity index is 1.78. The lowest BCUT2D eigenvalue weighted by Crippen LogP contribution is -2.13. The number of aryl methyl sites for hydroxylation is 2. The Kier molecular flexibility index (Phi) is 3.16. The first-order valence-electron chi connectivity index (χ1n) is 6.74. The zero-order valence-electron chi connectivity index (χ0n) is 10.6. The summed E-state index contributed by atoms with van der Waals surface area (Å²) in [6.07, 6.45) is 4.68. The Bertz CT molecular complexity index is 531. The Morgan fingerprint density at radius 3 is 2.56 bits per heavy atom. The van der Waals surface area contributed by atoms with Gasteiger partial charge in [-0.15, -0.1) is 0 Å². The summed E-state index contributed by atoms with van der Waals surface area (Å²) in [6, 6.07) is 17.4. The van der Waals surface area contributed by atoms with Crippen molar-refractivity contribution in [1.82, 2.24) is 0 Å². The summed E-state index contributed by atoms with van der Waals surface area (Å²) in [7, 11) is 0. The van der Waals surface area contributed by atoms with Crippen molar-refractivity contribution in [1.29, 1.82) is 0 Å². The van der Waals surface area contributed by atoms with Gasteiger partial charge in [0.05, 0.1) is 0 Å². The van der Waals surface area contributed by atoms with Crippen molar-refractivity contribution >= 4 is 0 Å². The molecule has 1 heteroatoms. The fourth-order valence-corrected chi connectivity index (χ4v) is 2.81. The number of hydrogen-bond acceptors (Lipinski definition) is 1. The monoisotopic (exact) mass is 237 g/mol. The van der Waals surface area contributed by atoms with Crippen LogP contribution in [0.1, 0.15) is 34.7 Å². The molecule has 1 aliphatic carbocycles. The van der Waals surface area contributed by atoms with Crippen molar-refractivity contribution in [2.75, 3.05) is 0 Å². The highest BCUT2D eigenvalue weighted by molar-refractivity contribution is 5.37. The first-order valence-corrected chi connectivity index (χ1v) is 6.74.